The molecule has 6 aromatic carbocycles. The number of fused-ring (bicyclic) bond motifs is 3. The summed E-state index contributed by atoms with van der Waals surface area (Å²) in [4.78, 5) is 4.99. The molecule has 9 rings (SSSR count). The first-order chi connectivity index (χ1) is 26.2. The maximum absolute atomic E-state index is 10.7. The molecule has 2 heterocycles. The van der Waals surface area contributed by atoms with E-state index in [0.29, 0.717) is 28.1 Å². The third-order valence-corrected chi connectivity index (χ3v) is 11.2. The molecule has 252 valence electrons. The molecule has 1 fully saturated rings. The van der Waals surface area contributed by atoms with Gasteiger partial charge in [0, 0.05) is 38.6 Å². The zero-order chi connectivity index (χ0) is 35.8. The number of hydrogen-bond acceptors (Lipinski definition) is 3. The summed E-state index contributed by atoms with van der Waals surface area (Å²) in [6, 6.07) is 59.7. The largest absolute Gasteiger partial charge is 0.309 e. The van der Waals surface area contributed by atoms with Crippen LogP contribution in [0.4, 0.5) is 0 Å². The third kappa shape index (κ3) is 5.40. The summed E-state index contributed by atoms with van der Waals surface area (Å²) in [5, 5.41) is 23.8. The fourth-order valence-electron chi connectivity index (χ4n) is 8.69. The molecule has 0 saturated heterocycles. The number of nitriles is 2. The van der Waals surface area contributed by atoms with Gasteiger partial charge in [0.05, 0.1) is 33.5 Å². The molecular formula is C49H36N4. The lowest BCUT2D eigenvalue weighted by Crippen LogP contribution is -2.30. The van der Waals surface area contributed by atoms with Gasteiger partial charge in [-0.25, -0.2) is 4.98 Å². The van der Waals surface area contributed by atoms with Crippen LogP contribution in [0.5, 0.6) is 0 Å². The Morgan fingerprint density at radius 2 is 0.925 bits per heavy atom. The van der Waals surface area contributed by atoms with E-state index in [9.17, 15) is 10.5 Å². The van der Waals surface area contributed by atoms with Crippen LogP contribution in [-0.4, -0.2) is 9.55 Å². The molecule has 8 aromatic rings. The minimum atomic E-state index is -0.130. The second kappa shape index (κ2) is 13.4. The molecule has 0 atom stereocenters. The monoisotopic (exact) mass is 680 g/mol. The molecule has 1 aliphatic rings. The Morgan fingerprint density at radius 3 is 1.42 bits per heavy atom. The Morgan fingerprint density at radius 1 is 0.472 bits per heavy atom. The molecule has 0 unspecified atom stereocenters. The van der Waals surface area contributed by atoms with Gasteiger partial charge in [0.25, 0.3) is 0 Å². The van der Waals surface area contributed by atoms with Gasteiger partial charge in [-0.15, -0.1) is 0 Å². The van der Waals surface area contributed by atoms with Crippen molar-refractivity contribution in [1.29, 1.82) is 10.5 Å². The second-order valence-electron chi connectivity index (χ2n) is 14.0. The topological polar surface area (TPSA) is 65.4 Å². The van der Waals surface area contributed by atoms with E-state index in [-0.39, 0.29) is 5.41 Å². The number of benzene rings is 6. The van der Waals surface area contributed by atoms with E-state index >= 15 is 0 Å². The van der Waals surface area contributed by atoms with Gasteiger partial charge in [-0.2, -0.15) is 10.5 Å². The Hall–Kier alpha value is -6.75. The average Bonchev–Trinajstić information content (AvgIpc) is 3.58. The summed E-state index contributed by atoms with van der Waals surface area (Å²) in [7, 11) is 0. The van der Waals surface area contributed by atoms with E-state index < -0.39 is 0 Å². The number of para-hydroxylation sites is 2. The molecule has 53 heavy (non-hydrogen) atoms. The first kappa shape index (κ1) is 32.2. The fraction of sp³-hybridized carbons (Fsp3) is 0.122. The lowest BCUT2D eigenvalue weighted by Gasteiger charge is -2.39. The van der Waals surface area contributed by atoms with Crippen LogP contribution in [0.1, 0.15) is 54.4 Å². The van der Waals surface area contributed by atoms with Crippen molar-refractivity contribution >= 4 is 21.8 Å². The van der Waals surface area contributed by atoms with Crippen LogP contribution in [-0.2, 0) is 5.41 Å². The van der Waals surface area contributed by atoms with Gasteiger partial charge in [-0.3, -0.25) is 0 Å². The Kier molecular flexibility index (Phi) is 8.15. The minimum Gasteiger partial charge on any atom is -0.309 e. The molecule has 4 heteroatoms. The summed E-state index contributed by atoms with van der Waals surface area (Å²) in [5.41, 5.74) is 11.2. The SMILES string of the molecule is N#Cc1c(-c2ccccc2)nc(-c2ccccc2)c(C#N)c1-c1ccc(C2(c3ccc(-n4c5ccccc5c5ccccc54)cc3)CCCCC2)cc1. The Labute approximate surface area is 309 Å². The lowest BCUT2D eigenvalue weighted by atomic mass is 9.65. The van der Waals surface area contributed by atoms with Crippen molar-refractivity contribution in [2.24, 2.45) is 0 Å². The predicted octanol–water partition coefficient (Wildman–Crippen LogP) is 12.2. The van der Waals surface area contributed by atoms with Crippen LogP contribution in [0.15, 0.2) is 158 Å². The standard InChI is InChI=1S/C49H36N4/c50-32-42-46(43(33-51)48(36-16-6-2-7-17-36)52-47(42)35-14-4-1-5-15-35)34-22-24-37(25-23-34)49(30-12-3-13-31-49)38-26-28-39(29-27-38)53-44-20-10-8-18-40(44)41-19-9-11-21-45(41)53/h1-2,4-11,14-29H,3,12-13,30-31H2. The van der Waals surface area contributed by atoms with E-state index in [1.807, 2.05) is 60.7 Å². The van der Waals surface area contributed by atoms with E-state index in [0.717, 1.165) is 35.2 Å². The van der Waals surface area contributed by atoms with E-state index in [1.165, 1.54) is 52.2 Å². The summed E-state index contributed by atoms with van der Waals surface area (Å²) in [5.74, 6) is 0. The maximum atomic E-state index is 10.7. The minimum absolute atomic E-state index is 0.130. The zero-order valence-corrected chi connectivity index (χ0v) is 29.3. The first-order valence-corrected chi connectivity index (χ1v) is 18.4. The molecule has 0 bridgehead atoms. The van der Waals surface area contributed by atoms with Crippen LogP contribution in [0.3, 0.4) is 0 Å². The smallest absolute Gasteiger partial charge is 0.102 e. The molecule has 0 radical (unpaired) electrons. The number of rotatable bonds is 6. The highest BCUT2D eigenvalue weighted by atomic mass is 15.0. The van der Waals surface area contributed by atoms with Crippen LogP contribution in [0, 0.1) is 22.7 Å². The normalized spacial score (nSPS) is 13.8. The lowest BCUT2D eigenvalue weighted by molar-refractivity contribution is 0.346. The molecule has 0 N–H and O–H groups in total. The Bertz CT molecular complexity index is 2560. The average molecular weight is 681 g/mol. The highest BCUT2D eigenvalue weighted by molar-refractivity contribution is 6.09. The molecular weight excluding hydrogens is 645 g/mol. The van der Waals surface area contributed by atoms with E-state index in [2.05, 4.69) is 114 Å². The van der Waals surface area contributed by atoms with Crippen molar-refractivity contribution in [3.63, 3.8) is 0 Å². The van der Waals surface area contributed by atoms with E-state index in [4.69, 9.17) is 4.98 Å². The van der Waals surface area contributed by atoms with Crippen LogP contribution >= 0.6 is 0 Å². The van der Waals surface area contributed by atoms with Crippen molar-refractivity contribution < 1.29 is 0 Å². The molecule has 0 amide bonds. The molecule has 1 saturated carbocycles. The van der Waals surface area contributed by atoms with Gasteiger partial charge >= 0.3 is 0 Å². The van der Waals surface area contributed by atoms with Crippen molar-refractivity contribution in [3.05, 3.63) is 180 Å². The highest BCUT2D eigenvalue weighted by Crippen LogP contribution is 2.46. The maximum Gasteiger partial charge on any atom is 0.102 e. The van der Waals surface area contributed by atoms with Crippen molar-refractivity contribution in [2.45, 2.75) is 37.5 Å². The van der Waals surface area contributed by atoms with Crippen LogP contribution in [0.2, 0.25) is 0 Å². The number of aromatic nitrogens is 2. The first-order valence-electron chi connectivity index (χ1n) is 18.4. The molecule has 0 spiro atoms. The van der Waals surface area contributed by atoms with Gasteiger partial charge in [0.1, 0.15) is 12.1 Å². The van der Waals surface area contributed by atoms with Crippen molar-refractivity contribution in [3.8, 4) is 51.5 Å². The predicted molar refractivity (Wildman–Crippen MR) is 215 cm³/mol. The quantitative estimate of drug-likeness (QED) is 0.176. The number of pyridine rings is 1. The zero-order valence-electron chi connectivity index (χ0n) is 29.3. The second-order valence-corrected chi connectivity index (χ2v) is 14.0. The van der Waals surface area contributed by atoms with Crippen LogP contribution < -0.4 is 0 Å². The highest BCUT2D eigenvalue weighted by Gasteiger charge is 2.36. The van der Waals surface area contributed by atoms with Crippen molar-refractivity contribution in [1.82, 2.24) is 9.55 Å². The van der Waals surface area contributed by atoms with Gasteiger partial charge in [-0.1, -0.05) is 153 Å². The summed E-state index contributed by atoms with van der Waals surface area (Å²) < 4.78 is 2.37. The number of nitrogens with zero attached hydrogens (tertiary/aromatic N) is 4. The molecule has 1 aliphatic carbocycles. The van der Waals surface area contributed by atoms with Gasteiger partial charge in [0.2, 0.25) is 0 Å². The third-order valence-electron chi connectivity index (χ3n) is 11.2. The van der Waals surface area contributed by atoms with Crippen molar-refractivity contribution in [2.75, 3.05) is 0 Å². The van der Waals surface area contributed by atoms with Gasteiger partial charge in [-0.05, 0) is 53.8 Å². The Balaban J connectivity index is 1.16. The van der Waals surface area contributed by atoms with Gasteiger partial charge in [0.15, 0.2) is 0 Å². The van der Waals surface area contributed by atoms with E-state index in [1.54, 1.807) is 0 Å². The molecule has 4 nitrogen and oxygen atoms in total. The summed E-state index contributed by atoms with van der Waals surface area (Å²) in [6.07, 6.45) is 5.70. The van der Waals surface area contributed by atoms with Gasteiger partial charge < -0.3 is 4.57 Å². The number of hydrogen-bond donors (Lipinski definition) is 0. The molecule has 0 aliphatic heterocycles. The summed E-state index contributed by atoms with van der Waals surface area (Å²) in [6.45, 7) is 0. The summed E-state index contributed by atoms with van der Waals surface area (Å²) >= 11 is 0. The fourth-order valence-corrected chi connectivity index (χ4v) is 8.69. The molecule has 2 aromatic heterocycles. The van der Waals surface area contributed by atoms with Crippen LogP contribution in [0.25, 0.3) is 61.1 Å².